The van der Waals surface area contributed by atoms with Crippen molar-refractivity contribution in [1.82, 2.24) is 10.3 Å². The number of thioether (sulfide) groups is 1. The van der Waals surface area contributed by atoms with E-state index in [0.717, 1.165) is 16.0 Å². The molecule has 50 heavy (non-hydrogen) atoms. The molecule has 9 nitrogen and oxygen atoms in total. The molecule has 0 aliphatic carbocycles. The van der Waals surface area contributed by atoms with Crippen molar-refractivity contribution in [3.8, 4) is 11.5 Å². The number of anilines is 2. The largest absolute Gasteiger partial charge is 0.436 e. The number of imide groups is 1. The second-order valence-electron chi connectivity index (χ2n) is 11.3. The summed E-state index contributed by atoms with van der Waals surface area (Å²) in [6, 6.07) is 35.1. The van der Waals surface area contributed by atoms with Crippen molar-refractivity contribution in [3.05, 3.63) is 150 Å². The lowest BCUT2D eigenvalue weighted by Crippen LogP contribution is -2.31. The van der Waals surface area contributed by atoms with Gasteiger partial charge in [0.1, 0.15) is 17.0 Å². The van der Waals surface area contributed by atoms with Gasteiger partial charge < -0.3 is 15.1 Å². The van der Waals surface area contributed by atoms with E-state index in [2.05, 4.69) is 15.6 Å². The summed E-state index contributed by atoms with van der Waals surface area (Å²) in [4.78, 5) is 59.0. The van der Waals surface area contributed by atoms with Crippen molar-refractivity contribution in [2.24, 2.45) is 0 Å². The van der Waals surface area contributed by atoms with Gasteiger partial charge in [0.25, 0.3) is 11.8 Å². The highest BCUT2D eigenvalue weighted by Crippen LogP contribution is 2.35. The van der Waals surface area contributed by atoms with Crippen LogP contribution < -0.4 is 15.5 Å². The molecule has 1 unspecified atom stereocenters. The van der Waals surface area contributed by atoms with Crippen molar-refractivity contribution < 1.29 is 28.0 Å². The van der Waals surface area contributed by atoms with E-state index < -0.39 is 22.9 Å². The molecule has 1 atom stereocenters. The number of fused-ring (bicyclic) bond motifs is 1. The summed E-state index contributed by atoms with van der Waals surface area (Å²) >= 11 is 1.26. The number of nitrogens with zero attached hydrogens (tertiary/aromatic N) is 2. The fourth-order valence-electron chi connectivity index (χ4n) is 5.36. The lowest BCUT2D eigenvalue weighted by molar-refractivity contribution is -0.121. The van der Waals surface area contributed by atoms with Crippen LogP contribution in [0.25, 0.3) is 28.6 Å². The minimum absolute atomic E-state index is 0.0352. The van der Waals surface area contributed by atoms with Gasteiger partial charge >= 0.3 is 0 Å². The van der Waals surface area contributed by atoms with Crippen LogP contribution in [0.15, 0.2) is 142 Å². The molecule has 1 aliphatic rings. The molecule has 2 N–H and O–H groups in total. The van der Waals surface area contributed by atoms with Gasteiger partial charge in [-0.05, 0) is 96.6 Å². The van der Waals surface area contributed by atoms with E-state index in [9.17, 15) is 23.6 Å². The van der Waals surface area contributed by atoms with Crippen LogP contribution in [0, 0.1) is 5.82 Å². The van der Waals surface area contributed by atoms with Gasteiger partial charge in [-0.2, -0.15) is 0 Å². The molecule has 1 fully saturated rings. The van der Waals surface area contributed by atoms with E-state index in [0.29, 0.717) is 34.0 Å². The normalized spacial score (nSPS) is 14.6. The Balaban J connectivity index is 1.01. The van der Waals surface area contributed by atoms with Crippen LogP contribution in [0.3, 0.4) is 0 Å². The number of hydrogen-bond acceptors (Lipinski definition) is 7. The van der Waals surface area contributed by atoms with Crippen LogP contribution in [0.4, 0.5) is 15.8 Å². The highest BCUT2D eigenvalue weighted by atomic mass is 32.2. The van der Waals surface area contributed by atoms with E-state index in [1.54, 1.807) is 78.9 Å². The molecule has 0 bridgehead atoms. The first-order chi connectivity index (χ1) is 24.3. The Hall–Kier alpha value is -6.33. The quantitative estimate of drug-likeness (QED) is 0.120. The van der Waals surface area contributed by atoms with E-state index in [4.69, 9.17) is 4.42 Å². The van der Waals surface area contributed by atoms with Crippen molar-refractivity contribution in [2.75, 3.05) is 10.2 Å². The van der Waals surface area contributed by atoms with Crippen molar-refractivity contribution in [3.63, 3.8) is 0 Å². The minimum atomic E-state index is -0.627. The summed E-state index contributed by atoms with van der Waals surface area (Å²) in [5, 5.41) is 4.80. The Bertz CT molecular complexity index is 2220. The number of nitrogens with one attached hydrogen (secondary N) is 2. The first-order valence-electron chi connectivity index (χ1n) is 15.6. The zero-order valence-electron chi connectivity index (χ0n) is 26.2. The maximum absolute atomic E-state index is 13.5. The molecule has 4 amide bonds. The number of para-hydroxylation sites is 2. The van der Waals surface area contributed by atoms with Crippen LogP contribution in [0.2, 0.25) is 0 Å². The van der Waals surface area contributed by atoms with Gasteiger partial charge in [0, 0.05) is 28.1 Å². The second kappa shape index (κ2) is 14.0. The Morgan fingerprint density at radius 1 is 0.840 bits per heavy atom. The van der Waals surface area contributed by atoms with E-state index in [-0.39, 0.29) is 23.9 Å². The van der Waals surface area contributed by atoms with E-state index >= 15 is 0 Å². The zero-order chi connectivity index (χ0) is 34.6. The van der Waals surface area contributed by atoms with Gasteiger partial charge in [-0.25, -0.2) is 14.3 Å². The predicted molar refractivity (Wildman–Crippen MR) is 190 cm³/mol. The number of amides is 4. The van der Waals surface area contributed by atoms with Crippen LogP contribution in [0.1, 0.15) is 22.3 Å². The predicted octanol–water partition coefficient (Wildman–Crippen LogP) is 7.47. The number of aromatic nitrogens is 1. The molecule has 0 radical (unpaired) electrons. The number of carbonyl (C=O) groups is 4. The standard InChI is InChI=1S/C39H27FN4O5S/c40-27-14-10-24(11-15-27)22-32(42-36(46)25-6-2-1-3-7-25)37(47)41-28-16-20-30(21-17-28)50-34-23-35(45)44(39(34)48)29-18-12-26(13-19-29)38-43-31-8-4-5-9-33(31)49-38/h1-22,34H,23H2,(H,41,47)(H,42,46)/b32-22-. The molecular weight excluding hydrogens is 656 g/mol. The van der Waals surface area contributed by atoms with Gasteiger partial charge in [0.15, 0.2) is 5.58 Å². The molecule has 2 heterocycles. The van der Waals surface area contributed by atoms with Crippen molar-refractivity contribution in [1.29, 1.82) is 0 Å². The molecule has 1 aliphatic heterocycles. The number of rotatable bonds is 9. The molecule has 7 rings (SSSR count). The fraction of sp³-hybridized carbons (Fsp3) is 0.0513. The summed E-state index contributed by atoms with van der Waals surface area (Å²) in [5.41, 5.74) is 3.87. The molecular formula is C39H27FN4O5S. The number of carbonyl (C=O) groups excluding carboxylic acids is 4. The lowest BCUT2D eigenvalue weighted by Gasteiger charge is -2.15. The molecule has 1 aromatic heterocycles. The fourth-order valence-corrected chi connectivity index (χ4v) is 6.42. The molecule has 11 heteroatoms. The summed E-state index contributed by atoms with van der Waals surface area (Å²) < 4.78 is 19.3. The third-order valence-corrected chi connectivity index (χ3v) is 9.07. The lowest BCUT2D eigenvalue weighted by atomic mass is 10.1. The Labute approximate surface area is 289 Å². The molecule has 0 spiro atoms. The summed E-state index contributed by atoms with van der Waals surface area (Å²) in [6.45, 7) is 0. The molecule has 246 valence electrons. The topological polar surface area (TPSA) is 122 Å². The third-order valence-electron chi connectivity index (χ3n) is 7.87. The minimum Gasteiger partial charge on any atom is -0.436 e. The van der Waals surface area contributed by atoms with Gasteiger partial charge in [0.2, 0.25) is 17.7 Å². The van der Waals surface area contributed by atoms with Crippen LogP contribution in [0.5, 0.6) is 0 Å². The van der Waals surface area contributed by atoms with Gasteiger partial charge in [0.05, 0.1) is 10.9 Å². The Morgan fingerprint density at radius 2 is 1.54 bits per heavy atom. The molecule has 5 aromatic carbocycles. The maximum Gasteiger partial charge on any atom is 0.272 e. The monoisotopic (exact) mass is 682 g/mol. The van der Waals surface area contributed by atoms with Gasteiger partial charge in [-0.15, -0.1) is 11.8 Å². The number of oxazole rings is 1. The maximum atomic E-state index is 13.5. The molecule has 0 saturated carbocycles. The first kappa shape index (κ1) is 32.2. The van der Waals surface area contributed by atoms with Gasteiger partial charge in [-0.3, -0.25) is 19.2 Å². The third kappa shape index (κ3) is 7.08. The number of halogens is 1. The van der Waals surface area contributed by atoms with Crippen LogP contribution in [-0.4, -0.2) is 33.9 Å². The number of hydrogen-bond donors (Lipinski definition) is 2. The van der Waals surface area contributed by atoms with Crippen LogP contribution >= 0.6 is 11.8 Å². The van der Waals surface area contributed by atoms with Gasteiger partial charge in [-0.1, -0.05) is 42.5 Å². The second-order valence-corrected chi connectivity index (χ2v) is 12.6. The highest BCUT2D eigenvalue weighted by molar-refractivity contribution is 8.00. The van der Waals surface area contributed by atoms with E-state index in [1.807, 2.05) is 24.3 Å². The average Bonchev–Trinajstić information content (AvgIpc) is 3.69. The number of benzene rings is 5. The van der Waals surface area contributed by atoms with Crippen LogP contribution in [-0.2, 0) is 14.4 Å². The van der Waals surface area contributed by atoms with Crippen molar-refractivity contribution >= 4 is 63.9 Å². The summed E-state index contributed by atoms with van der Waals surface area (Å²) in [5.74, 6) is -1.68. The Kier molecular flexibility index (Phi) is 9.04. The smallest absolute Gasteiger partial charge is 0.272 e. The van der Waals surface area contributed by atoms with Crippen molar-refractivity contribution in [2.45, 2.75) is 16.6 Å². The summed E-state index contributed by atoms with van der Waals surface area (Å²) in [6.07, 6.45) is 1.49. The average molecular weight is 683 g/mol. The first-order valence-corrected chi connectivity index (χ1v) is 16.4. The summed E-state index contributed by atoms with van der Waals surface area (Å²) in [7, 11) is 0. The van der Waals surface area contributed by atoms with E-state index in [1.165, 1.54) is 47.0 Å². The zero-order valence-corrected chi connectivity index (χ0v) is 27.0. The SMILES string of the molecule is O=C(Nc1ccc(SC2CC(=O)N(c3ccc(-c4nc5ccccc5o4)cc3)C2=O)cc1)/C(=C/c1ccc(F)cc1)NC(=O)c1ccccc1. The molecule has 6 aromatic rings. The Morgan fingerprint density at radius 3 is 2.26 bits per heavy atom. The molecule has 1 saturated heterocycles. The highest BCUT2D eigenvalue weighted by Gasteiger charge is 2.40.